The summed E-state index contributed by atoms with van der Waals surface area (Å²) in [6, 6.07) is 20.6. The van der Waals surface area contributed by atoms with Gasteiger partial charge in [-0.2, -0.15) is 9.61 Å². The van der Waals surface area contributed by atoms with Crippen molar-refractivity contribution < 1.29 is 0 Å². The predicted octanol–water partition coefficient (Wildman–Crippen LogP) is 4.83. The summed E-state index contributed by atoms with van der Waals surface area (Å²) < 4.78 is 1.86. The van der Waals surface area contributed by atoms with Gasteiger partial charge in [0, 0.05) is 22.9 Å². The maximum atomic E-state index is 4.78. The SMILES string of the molecule is c1ccc(CSCc2nnc3sc(-c4cccc5cccnc45)nn23)cc1. The van der Waals surface area contributed by atoms with Gasteiger partial charge < -0.3 is 0 Å². The minimum absolute atomic E-state index is 0.771. The van der Waals surface area contributed by atoms with Crippen LogP contribution in [0.5, 0.6) is 0 Å². The zero-order valence-electron chi connectivity index (χ0n) is 14.3. The van der Waals surface area contributed by atoms with Gasteiger partial charge >= 0.3 is 0 Å². The highest BCUT2D eigenvalue weighted by molar-refractivity contribution is 7.97. The highest BCUT2D eigenvalue weighted by Gasteiger charge is 2.15. The Balaban J connectivity index is 1.43. The van der Waals surface area contributed by atoms with E-state index < -0.39 is 0 Å². The van der Waals surface area contributed by atoms with E-state index in [-0.39, 0.29) is 0 Å². The van der Waals surface area contributed by atoms with E-state index >= 15 is 0 Å². The van der Waals surface area contributed by atoms with Crippen LogP contribution in [0.4, 0.5) is 0 Å². The van der Waals surface area contributed by atoms with Crippen molar-refractivity contribution in [3.05, 3.63) is 78.2 Å². The molecule has 5 aromatic rings. The molecule has 0 aliphatic heterocycles. The second-order valence-electron chi connectivity index (χ2n) is 6.08. The molecule has 132 valence electrons. The third-order valence-electron chi connectivity index (χ3n) is 4.26. The van der Waals surface area contributed by atoms with Crippen LogP contribution in [-0.2, 0) is 11.5 Å². The van der Waals surface area contributed by atoms with Gasteiger partial charge in [0.05, 0.1) is 11.3 Å². The first kappa shape index (κ1) is 16.4. The predicted molar refractivity (Wildman–Crippen MR) is 111 cm³/mol. The molecule has 5 rings (SSSR count). The summed E-state index contributed by atoms with van der Waals surface area (Å²) in [5, 5.41) is 15.4. The van der Waals surface area contributed by atoms with Gasteiger partial charge in [0.15, 0.2) is 5.82 Å². The molecule has 2 aromatic carbocycles. The number of hydrogen-bond donors (Lipinski definition) is 0. The Kier molecular flexibility index (Phi) is 4.31. The van der Waals surface area contributed by atoms with Crippen LogP contribution in [0, 0.1) is 0 Å². The third-order valence-corrected chi connectivity index (χ3v) is 6.19. The van der Waals surface area contributed by atoms with Crippen LogP contribution >= 0.6 is 23.1 Å². The number of thioether (sulfide) groups is 1. The molecule has 0 aliphatic rings. The van der Waals surface area contributed by atoms with E-state index in [1.807, 2.05) is 40.7 Å². The summed E-state index contributed by atoms with van der Waals surface area (Å²) in [6.07, 6.45) is 1.82. The van der Waals surface area contributed by atoms with Crippen LogP contribution in [0.2, 0.25) is 0 Å². The van der Waals surface area contributed by atoms with E-state index in [1.54, 1.807) is 11.3 Å². The Morgan fingerprint density at radius 2 is 1.78 bits per heavy atom. The molecule has 0 saturated heterocycles. The quantitative estimate of drug-likeness (QED) is 0.431. The summed E-state index contributed by atoms with van der Waals surface area (Å²) in [5.74, 6) is 2.59. The van der Waals surface area contributed by atoms with E-state index in [4.69, 9.17) is 5.10 Å². The van der Waals surface area contributed by atoms with Crippen molar-refractivity contribution >= 4 is 39.0 Å². The Bertz CT molecular complexity index is 1210. The molecule has 0 saturated carbocycles. The number of hydrogen-bond acceptors (Lipinski definition) is 6. The van der Waals surface area contributed by atoms with Crippen molar-refractivity contribution in [1.82, 2.24) is 24.8 Å². The number of para-hydroxylation sites is 1. The van der Waals surface area contributed by atoms with Gasteiger partial charge in [-0.25, -0.2) is 0 Å². The Morgan fingerprint density at radius 1 is 0.889 bits per heavy atom. The number of fused-ring (bicyclic) bond motifs is 2. The van der Waals surface area contributed by atoms with Crippen molar-refractivity contribution in [2.24, 2.45) is 0 Å². The number of aromatic nitrogens is 5. The van der Waals surface area contributed by atoms with Crippen molar-refractivity contribution in [2.75, 3.05) is 0 Å². The van der Waals surface area contributed by atoms with Crippen LogP contribution in [0.25, 0.3) is 26.4 Å². The molecule has 0 atom stereocenters. The molecule has 3 heterocycles. The average Bonchev–Trinajstić information content (AvgIpc) is 3.30. The Hall–Kier alpha value is -2.77. The van der Waals surface area contributed by atoms with Crippen molar-refractivity contribution in [3.8, 4) is 10.6 Å². The lowest BCUT2D eigenvalue weighted by Gasteiger charge is -2.02. The van der Waals surface area contributed by atoms with Gasteiger partial charge in [-0.1, -0.05) is 59.9 Å². The Labute approximate surface area is 164 Å². The molecule has 0 unspecified atom stereocenters. The molecular formula is C20H15N5S2. The first-order chi connectivity index (χ1) is 13.4. The molecule has 0 N–H and O–H groups in total. The zero-order valence-corrected chi connectivity index (χ0v) is 16.0. The Morgan fingerprint density at radius 3 is 2.70 bits per heavy atom. The van der Waals surface area contributed by atoms with Crippen molar-refractivity contribution in [3.63, 3.8) is 0 Å². The van der Waals surface area contributed by atoms with Crippen LogP contribution in [0.3, 0.4) is 0 Å². The van der Waals surface area contributed by atoms with E-state index in [0.717, 1.165) is 43.8 Å². The second kappa shape index (κ2) is 7.09. The third kappa shape index (κ3) is 3.20. The molecule has 7 heteroatoms. The number of benzene rings is 2. The van der Waals surface area contributed by atoms with E-state index in [1.165, 1.54) is 5.56 Å². The summed E-state index contributed by atoms with van der Waals surface area (Å²) in [4.78, 5) is 5.35. The van der Waals surface area contributed by atoms with E-state index in [2.05, 4.69) is 57.6 Å². The highest BCUT2D eigenvalue weighted by atomic mass is 32.2. The topological polar surface area (TPSA) is 56.0 Å². The van der Waals surface area contributed by atoms with Gasteiger partial charge in [-0.15, -0.1) is 22.0 Å². The lowest BCUT2D eigenvalue weighted by atomic mass is 10.1. The molecule has 0 bridgehead atoms. The standard InChI is InChI=1S/C20H15N5S2/c1-2-6-14(7-3-1)12-26-13-17-22-23-20-25(17)24-19(27-20)16-10-4-8-15-9-5-11-21-18(15)16/h1-11H,12-13H2. The van der Waals surface area contributed by atoms with E-state index in [0.29, 0.717) is 0 Å². The minimum Gasteiger partial charge on any atom is -0.256 e. The maximum Gasteiger partial charge on any atom is 0.235 e. The van der Waals surface area contributed by atoms with Crippen molar-refractivity contribution in [1.29, 1.82) is 0 Å². The molecule has 0 radical (unpaired) electrons. The fraction of sp³-hybridized carbons (Fsp3) is 0.100. The van der Waals surface area contributed by atoms with Gasteiger partial charge in [0.1, 0.15) is 5.01 Å². The number of nitrogens with zero attached hydrogens (tertiary/aromatic N) is 5. The zero-order chi connectivity index (χ0) is 18.1. The largest absolute Gasteiger partial charge is 0.256 e. The maximum absolute atomic E-state index is 4.78. The molecule has 5 nitrogen and oxygen atoms in total. The molecule has 0 spiro atoms. The summed E-state index contributed by atoms with van der Waals surface area (Å²) >= 11 is 3.36. The molecule has 0 aliphatic carbocycles. The summed E-state index contributed by atoms with van der Waals surface area (Å²) in [6.45, 7) is 0. The molecular weight excluding hydrogens is 374 g/mol. The smallest absolute Gasteiger partial charge is 0.235 e. The summed E-state index contributed by atoms with van der Waals surface area (Å²) in [7, 11) is 0. The molecule has 3 aromatic heterocycles. The van der Waals surface area contributed by atoms with Gasteiger partial charge in [-0.3, -0.25) is 4.98 Å². The normalized spacial score (nSPS) is 11.4. The van der Waals surface area contributed by atoms with Crippen molar-refractivity contribution in [2.45, 2.75) is 11.5 Å². The van der Waals surface area contributed by atoms with Crippen LogP contribution in [-0.4, -0.2) is 24.8 Å². The molecule has 27 heavy (non-hydrogen) atoms. The average molecular weight is 390 g/mol. The molecule has 0 amide bonds. The van der Waals surface area contributed by atoms with Crippen LogP contribution in [0.15, 0.2) is 66.9 Å². The van der Waals surface area contributed by atoms with Gasteiger partial charge in [0.2, 0.25) is 4.96 Å². The summed E-state index contributed by atoms with van der Waals surface area (Å²) in [5.41, 5.74) is 3.31. The number of rotatable bonds is 5. The molecule has 0 fully saturated rings. The van der Waals surface area contributed by atoms with Crippen LogP contribution in [0.1, 0.15) is 11.4 Å². The van der Waals surface area contributed by atoms with Gasteiger partial charge in [0.25, 0.3) is 0 Å². The fourth-order valence-electron chi connectivity index (χ4n) is 2.97. The van der Waals surface area contributed by atoms with E-state index in [9.17, 15) is 0 Å². The van der Waals surface area contributed by atoms with Gasteiger partial charge in [-0.05, 0) is 17.7 Å². The number of pyridine rings is 1. The minimum atomic E-state index is 0.771. The second-order valence-corrected chi connectivity index (χ2v) is 8.02. The highest BCUT2D eigenvalue weighted by Crippen LogP contribution is 2.31. The lowest BCUT2D eigenvalue weighted by Crippen LogP contribution is -1.95. The van der Waals surface area contributed by atoms with Crippen LogP contribution < -0.4 is 0 Å². The first-order valence-electron chi connectivity index (χ1n) is 8.55. The lowest BCUT2D eigenvalue weighted by molar-refractivity contribution is 0.887. The monoisotopic (exact) mass is 389 g/mol. The first-order valence-corrected chi connectivity index (χ1v) is 10.5. The fourth-order valence-corrected chi connectivity index (χ4v) is 4.74.